The standard InChI is InChI=1S/C14H19ClN6O/c1-7-3-10(20-19-7)4-9-5-21(6-11(9)22)13-12(15)8(2)17-14(16)18-13/h3,9,11,22H,4-6H2,1-2H3,(H,19,20)(H2,16,17,18)/t9-,11-/m1/s1. The Morgan fingerprint density at radius 3 is 2.86 bits per heavy atom. The first-order chi connectivity index (χ1) is 10.4. The molecule has 1 aliphatic rings. The zero-order valence-corrected chi connectivity index (χ0v) is 13.3. The highest BCUT2D eigenvalue weighted by Crippen LogP contribution is 2.31. The molecule has 7 nitrogen and oxygen atoms in total. The third kappa shape index (κ3) is 2.86. The van der Waals surface area contributed by atoms with E-state index in [0.717, 1.165) is 11.4 Å². The van der Waals surface area contributed by atoms with Crippen molar-refractivity contribution in [2.24, 2.45) is 5.92 Å². The molecule has 3 rings (SSSR count). The number of halogens is 1. The number of H-pyrrole nitrogens is 1. The number of nitrogen functional groups attached to an aromatic ring is 1. The van der Waals surface area contributed by atoms with Crippen LogP contribution in [0.5, 0.6) is 0 Å². The van der Waals surface area contributed by atoms with Crippen molar-refractivity contribution in [3.63, 3.8) is 0 Å². The molecule has 2 atom stereocenters. The first-order valence-electron chi connectivity index (χ1n) is 7.17. The highest BCUT2D eigenvalue weighted by molar-refractivity contribution is 6.33. The molecule has 2 aromatic heterocycles. The summed E-state index contributed by atoms with van der Waals surface area (Å²) in [5, 5.41) is 18.0. The van der Waals surface area contributed by atoms with E-state index in [1.54, 1.807) is 6.92 Å². The fourth-order valence-electron chi connectivity index (χ4n) is 2.85. The highest BCUT2D eigenvalue weighted by atomic mass is 35.5. The predicted octanol–water partition coefficient (Wildman–Crippen LogP) is 1.09. The molecule has 0 bridgehead atoms. The van der Waals surface area contributed by atoms with Gasteiger partial charge in [-0.25, -0.2) is 4.98 Å². The summed E-state index contributed by atoms with van der Waals surface area (Å²) in [5.74, 6) is 0.861. The zero-order valence-electron chi connectivity index (χ0n) is 12.5. The molecule has 2 aromatic rings. The summed E-state index contributed by atoms with van der Waals surface area (Å²) in [6, 6.07) is 2.00. The Morgan fingerprint density at radius 2 is 2.18 bits per heavy atom. The Balaban J connectivity index is 1.78. The van der Waals surface area contributed by atoms with Gasteiger partial charge in [-0.2, -0.15) is 10.1 Å². The van der Waals surface area contributed by atoms with Crippen LogP contribution >= 0.6 is 11.6 Å². The van der Waals surface area contributed by atoms with Crippen LogP contribution in [-0.2, 0) is 6.42 Å². The van der Waals surface area contributed by atoms with Gasteiger partial charge < -0.3 is 15.7 Å². The summed E-state index contributed by atoms with van der Waals surface area (Å²) in [6.45, 7) is 4.88. The lowest BCUT2D eigenvalue weighted by atomic mass is 10.0. The van der Waals surface area contributed by atoms with E-state index in [1.807, 2.05) is 17.9 Å². The van der Waals surface area contributed by atoms with E-state index in [0.29, 0.717) is 36.0 Å². The molecular weight excluding hydrogens is 304 g/mol. The van der Waals surface area contributed by atoms with Crippen molar-refractivity contribution >= 4 is 23.4 Å². The van der Waals surface area contributed by atoms with Crippen LogP contribution in [0.25, 0.3) is 0 Å². The second kappa shape index (κ2) is 5.73. The number of aliphatic hydroxyl groups excluding tert-OH is 1. The highest BCUT2D eigenvalue weighted by Gasteiger charge is 2.34. The van der Waals surface area contributed by atoms with E-state index in [4.69, 9.17) is 17.3 Å². The topological polar surface area (TPSA) is 104 Å². The van der Waals surface area contributed by atoms with Gasteiger partial charge in [0.05, 0.1) is 17.5 Å². The van der Waals surface area contributed by atoms with Crippen LogP contribution in [0.4, 0.5) is 11.8 Å². The van der Waals surface area contributed by atoms with Gasteiger partial charge in [0.1, 0.15) is 5.02 Å². The van der Waals surface area contributed by atoms with Crippen molar-refractivity contribution in [2.45, 2.75) is 26.4 Å². The molecule has 0 spiro atoms. The Labute approximate surface area is 133 Å². The lowest BCUT2D eigenvalue weighted by molar-refractivity contribution is 0.148. The molecule has 1 aliphatic heterocycles. The van der Waals surface area contributed by atoms with Gasteiger partial charge in [0, 0.05) is 24.7 Å². The molecule has 0 amide bonds. The molecule has 3 heterocycles. The maximum absolute atomic E-state index is 10.3. The first-order valence-corrected chi connectivity index (χ1v) is 7.55. The SMILES string of the molecule is Cc1cc(C[C@@H]2CN(c3nc(N)nc(C)c3Cl)C[C@H]2O)n[nH]1. The third-order valence-electron chi connectivity index (χ3n) is 3.95. The number of aryl methyl sites for hydroxylation is 2. The molecule has 0 saturated carbocycles. The van der Waals surface area contributed by atoms with Crippen LogP contribution in [0.2, 0.25) is 5.02 Å². The second-order valence-corrected chi connectivity index (χ2v) is 6.16. The minimum Gasteiger partial charge on any atom is -0.391 e. The van der Waals surface area contributed by atoms with Crippen LogP contribution in [0.15, 0.2) is 6.07 Å². The third-order valence-corrected chi connectivity index (χ3v) is 4.40. The average molecular weight is 323 g/mol. The number of β-amino-alcohol motifs (C(OH)–C–C–N with tert-alkyl or cyclic N) is 1. The molecule has 4 N–H and O–H groups in total. The van der Waals surface area contributed by atoms with E-state index in [1.165, 1.54) is 0 Å². The van der Waals surface area contributed by atoms with E-state index < -0.39 is 6.10 Å². The monoisotopic (exact) mass is 322 g/mol. The van der Waals surface area contributed by atoms with Gasteiger partial charge >= 0.3 is 0 Å². The van der Waals surface area contributed by atoms with Crippen molar-refractivity contribution in [2.75, 3.05) is 23.7 Å². The number of rotatable bonds is 3. The van der Waals surface area contributed by atoms with E-state index in [2.05, 4.69) is 20.2 Å². The van der Waals surface area contributed by atoms with E-state index in [-0.39, 0.29) is 11.9 Å². The number of aromatic nitrogens is 4. The predicted molar refractivity (Wildman–Crippen MR) is 84.9 cm³/mol. The molecule has 0 aromatic carbocycles. The second-order valence-electron chi connectivity index (χ2n) is 5.78. The Kier molecular flexibility index (Phi) is 3.92. The van der Waals surface area contributed by atoms with Crippen molar-refractivity contribution in [1.82, 2.24) is 20.2 Å². The quantitative estimate of drug-likeness (QED) is 0.781. The van der Waals surface area contributed by atoms with Gasteiger partial charge in [-0.1, -0.05) is 11.6 Å². The largest absolute Gasteiger partial charge is 0.391 e. The van der Waals surface area contributed by atoms with Gasteiger partial charge in [-0.3, -0.25) is 5.10 Å². The minimum absolute atomic E-state index is 0.0789. The van der Waals surface area contributed by atoms with E-state index >= 15 is 0 Å². The fraction of sp³-hybridized carbons (Fsp3) is 0.500. The average Bonchev–Trinajstić information content (AvgIpc) is 3.01. The smallest absolute Gasteiger partial charge is 0.222 e. The summed E-state index contributed by atoms with van der Waals surface area (Å²) in [7, 11) is 0. The van der Waals surface area contributed by atoms with Gasteiger partial charge in [0.15, 0.2) is 5.82 Å². The summed E-state index contributed by atoms with van der Waals surface area (Å²) in [4.78, 5) is 10.2. The molecule has 1 fully saturated rings. The molecule has 1 saturated heterocycles. The Morgan fingerprint density at radius 1 is 1.41 bits per heavy atom. The first kappa shape index (κ1) is 15.1. The summed E-state index contributed by atoms with van der Waals surface area (Å²) in [5.41, 5.74) is 8.32. The summed E-state index contributed by atoms with van der Waals surface area (Å²) in [6.07, 6.45) is 0.253. The Bertz CT molecular complexity index is 688. The molecular formula is C14H19ClN6O. The van der Waals surface area contributed by atoms with Gasteiger partial charge in [0.25, 0.3) is 0 Å². The van der Waals surface area contributed by atoms with E-state index in [9.17, 15) is 5.11 Å². The molecule has 0 aliphatic carbocycles. The molecule has 0 unspecified atom stereocenters. The number of hydrogen-bond donors (Lipinski definition) is 3. The molecule has 118 valence electrons. The molecule has 22 heavy (non-hydrogen) atoms. The molecule has 0 radical (unpaired) electrons. The lowest BCUT2D eigenvalue weighted by Crippen LogP contribution is -2.23. The Hall–Kier alpha value is -1.86. The fourth-order valence-corrected chi connectivity index (χ4v) is 3.05. The van der Waals surface area contributed by atoms with Crippen LogP contribution < -0.4 is 10.6 Å². The summed E-state index contributed by atoms with van der Waals surface area (Å²) < 4.78 is 0. The van der Waals surface area contributed by atoms with Gasteiger partial charge in [0.2, 0.25) is 5.95 Å². The number of anilines is 2. The summed E-state index contributed by atoms with van der Waals surface area (Å²) >= 11 is 6.28. The number of aliphatic hydroxyl groups is 1. The van der Waals surface area contributed by atoms with Gasteiger partial charge in [-0.15, -0.1) is 0 Å². The lowest BCUT2D eigenvalue weighted by Gasteiger charge is -2.19. The van der Waals surface area contributed by atoms with Crippen LogP contribution in [0.3, 0.4) is 0 Å². The number of aromatic amines is 1. The van der Waals surface area contributed by atoms with Crippen LogP contribution in [0.1, 0.15) is 17.1 Å². The zero-order chi connectivity index (χ0) is 15.9. The van der Waals surface area contributed by atoms with Crippen molar-refractivity contribution in [1.29, 1.82) is 0 Å². The maximum Gasteiger partial charge on any atom is 0.222 e. The van der Waals surface area contributed by atoms with Gasteiger partial charge in [-0.05, 0) is 26.3 Å². The normalized spacial score (nSPS) is 21.5. The van der Waals surface area contributed by atoms with Crippen LogP contribution in [0, 0.1) is 19.8 Å². The maximum atomic E-state index is 10.3. The van der Waals surface area contributed by atoms with Crippen molar-refractivity contribution in [3.05, 3.63) is 28.2 Å². The van der Waals surface area contributed by atoms with Crippen LogP contribution in [-0.4, -0.2) is 44.5 Å². The number of nitrogens with two attached hydrogens (primary N) is 1. The minimum atomic E-state index is -0.454. The van der Waals surface area contributed by atoms with Crippen molar-refractivity contribution in [3.8, 4) is 0 Å². The number of hydrogen-bond acceptors (Lipinski definition) is 6. The van der Waals surface area contributed by atoms with Crippen molar-refractivity contribution < 1.29 is 5.11 Å². The number of nitrogens with one attached hydrogen (secondary N) is 1. The molecule has 8 heteroatoms. The number of nitrogens with zero attached hydrogens (tertiary/aromatic N) is 4.